The van der Waals surface area contributed by atoms with Crippen LogP contribution in [0.15, 0.2) is 46.9 Å². The maximum Gasteiger partial charge on any atom is 0.433 e. The average molecular weight is 330 g/mol. The Hall–Kier alpha value is -3.42. The second-order valence-corrected chi connectivity index (χ2v) is 4.55. The lowest BCUT2D eigenvalue weighted by atomic mass is 10.2. The molecule has 2 aromatic rings. The van der Waals surface area contributed by atoms with Crippen molar-refractivity contribution in [2.75, 3.05) is 11.9 Å². The van der Waals surface area contributed by atoms with Gasteiger partial charge >= 0.3 is 11.9 Å². The molecule has 0 fully saturated rings. The van der Waals surface area contributed by atoms with Gasteiger partial charge in [0.25, 0.3) is 0 Å². The van der Waals surface area contributed by atoms with Crippen LogP contribution in [0.1, 0.15) is 23.0 Å². The van der Waals surface area contributed by atoms with Crippen LogP contribution in [-0.2, 0) is 9.53 Å². The third kappa shape index (κ3) is 4.54. The van der Waals surface area contributed by atoms with Crippen LogP contribution in [0, 0.1) is 10.1 Å². The molecule has 124 valence electrons. The number of hydrogen-bond acceptors (Lipinski definition) is 6. The minimum absolute atomic E-state index is 0.189. The van der Waals surface area contributed by atoms with Gasteiger partial charge < -0.3 is 14.5 Å². The Morgan fingerprint density at radius 1 is 1.25 bits per heavy atom. The van der Waals surface area contributed by atoms with Crippen LogP contribution in [0.25, 0.3) is 6.08 Å². The van der Waals surface area contributed by atoms with E-state index in [1.54, 1.807) is 19.1 Å². The molecule has 1 aromatic carbocycles. The van der Waals surface area contributed by atoms with Gasteiger partial charge in [0.05, 0.1) is 18.2 Å². The highest BCUT2D eigenvalue weighted by Crippen LogP contribution is 2.17. The second-order valence-electron chi connectivity index (χ2n) is 4.55. The fourth-order valence-electron chi connectivity index (χ4n) is 1.78. The fourth-order valence-corrected chi connectivity index (χ4v) is 1.78. The van der Waals surface area contributed by atoms with Crippen molar-refractivity contribution in [2.45, 2.75) is 6.92 Å². The van der Waals surface area contributed by atoms with Gasteiger partial charge in [-0.1, -0.05) is 0 Å². The molecular formula is C16H14N2O6. The van der Waals surface area contributed by atoms with Gasteiger partial charge in [0.2, 0.25) is 5.91 Å². The number of hydrogen-bond donors (Lipinski definition) is 1. The van der Waals surface area contributed by atoms with Crippen molar-refractivity contribution in [2.24, 2.45) is 0 Å². The van der Waals surface area contributed by atoms with Crippen LogP contribution in [-0.4, -0.2) is 23.4 Å². The number of nitrogens with one attached hydrogen (secondary N) is 1. The Morgan fingerprint density at radius 2 is 1.96 bits per heavy atom. The van der Waals surface area contributed by atoms with Crippen LogP contribution in [0.5, 0.6) is 0 Å². The van der Waals surface area contributed by atoms with Gasteiger partial charge in [-0.3, -0.25) is 14.9 Å². The highest BCUT2D eigenvalue weighted by Gasteiger charge is 2.10. The van der Waals surface area contributed by atoms with Gasteiger partial charge in [0, 0.05) is 11.8 Å². The average Bonchev–Trinajstić information content (AvgIpc) is 3.03. The van der Waals surface area contributed by atoms with Gasteiger partial charge in [-0.05, 0) is 43.3 Å². The van der Waals surface area contributed by atoms with Crippen LogP contribution >= 0.6 is 0 Å². The number of carbonyl (C=O) groups is 2. The molecular weight excluding hydrogens is 316 g/mol. The summed E-state index contributed by atoms with van der Waals surface area (Å²) in [6, 6.07) is 8.79. The summed E-state index contributed by atoms with van der Waals surface area (Å²) >= 11 is 0. The van der Waals surface area contributed by atoms with Crippen LogP contribution < -0.4 is 5.32 Å². The molecule has 1 heterocycles. The molecule has 0 saturated heterocycles. The Balaban J connectivity index is 1.95. The van der Waals surface area contributed by atoms with Gasteiger partial charge in [-0.25, -0.2) is 4.79 Å². The summed E-state index contributed by atoms with van der Waals surface area (Å²) in [5, 5.41) is 13.1. The Labute approximate surface area is 136 Å². The Kier molecular flexibility index (Phi) is 5.45. The number of furan rings is 1. The summed E-state index contributed by atoms with van der Waals surface area (Å²) in [5.41, 5.74) is 0.872. The van der Waals surface area contributed by atoms with E-state index in [-0.39, 0.29) is 12.4 Å². The van der Waals surface area contributed by atoms with Crippen molar-refractivity contribution >= 4 is 29.5 Å². The number of amides is 1. The fraction of sp³-hybridized carbons (Fsp3) is 0.125. The molecule has 1 amide bonds. The molecule has 0 spiro atoms. The maximum absolute atomic E-state index is 11.8. The van der Waals surface area contributed by atoms with E-state index in [0.29, 0.717) is 11.3 Å². The van der Waals surface area contributed by atoms with Crippen LogP contribution in [0.4, 0.5) is 11.6 Å². The van der Waals surface area contributed by atoms with Crippen molar-refractivity contribution in [3.05, 3.63) is 63.9 Å². The number of benzene rings is 1. The first-order valence-electron chi connectivity index (χ1n) is 7.00. The van der Waals surface area contributed by atoms with E-state index in [4.69, 9.17) is 9.15 Å². The van der Waals surface area contributed by atoms with Gasteiger partial charge in [-0.2, -0.15) is 0 Å². The van der Waals surface area contributed by atoms with E-state index < -0.39 is 22.7 Å². The quantitative estimate of drug-likeness (QED) is 0.377. The predicted molar refractivity (Wildman–Crippen MR) is 85.4 cm³/mol. The zero-order valence-corrected chi connectivity index (χ0v) is 12.7. The van der Waals surface area contributed by atoms with E-state index in [9.17, 15) is 19.7 Å². The summed E-state index contributed by atoms with van der Waals surface area (Å²) < 4.78 is 9.75. The minimum atomic E-state index is -0.664. The first-order valence-corrected chi connectivity index (χ1v) is 7.00. The third-order valence-electron chi connectivity index (χ3n) is 2.86. The first-order chi connectivity index (χ1) is 11.5. The Bertz CT molecular complexity index is 776. The van der Waals surface area contributed by atoms with Crippen molar-refractivity contribution in [1.29, 1.82) is 0 Å². The number of esters is 1. The van der Waals surface area contributed by atoms with Crippen molar-refractivity contribution in [3.63, 3.8) is 0 Å². The lowest BCUT2D eigenvalue weighted by Crippen LogP contribution is -2.08. The zero-order valence-electron chi connectivity index (χ0n) is 12.7. The molecule has 0 saturated carbocycles. The summed E-state index contributed by atoms with van der Waals surface area (Å²) in [7, 11) is 0. The smallest absolute Gasteiger partial charge is 0.433 e. The number of anilines is 1. The second kappa shape index (κ2) is 7.73. The molecule has 0 aliphatic rings. The normalized spacial score (nSPS) is 10.5. The highest BCUT2D eigenvalue weighted by atomic mass is 16.6. The van der Waals surface area contributed by atoms with Gasteiger partial charge in [0.15, 0.2) is 0 Å². The molecule has 24 heavy (non-hydrogen) atoms. The van der Waals surface area contributed by atoms with Crippen molar-refractivity contribution < 1.29 is 23.7 Å². The summed E-state index contributed by atoms with van der Waals surface area (Å²) in [6.45, 7) is 2.00. The van der Waals surface area contributed by atoms with Crippen LogP contribution in [0.3, 0.4) is 0 Å². The minimum Gasteiger partial charge on any atom is -0.462 e. The summed E-state index contributed by atoms with van der Waals surface area (Å²) in [5.74, 6) is -1.09. The largest absolute Gasteiger partial charge is 0.462 e. The molecule has 0 atom stereocenters. The number of nitro groups is 1. The molecule has 8 nitrogen and oxygen atoms in total. The molecule has 1 aromatic heterocycles. The number of rotatable bonds is 6. The SMILES string of the molecule is CCOC(=O)c1ccc(NC(=O)/C=C/c2ccc([N+](=O)[O-])o2)cc1. The van der Waals surface area contributed by atoms with E-state index in [1.165, 1.54) is 36.4 Å². The lowest BCUT2D eigenvalue weighted by molar-refractivity contribution is -0.402. The van der Waals surface area contributed by atoms with Crippen LogP contribution in [0.2, 0.25) is 0 Å². The lowest BCUT2D eigenvalue weighted by Gasteiger charge is -2.04. The molecule has 0 aliphatic carbocycles. The molecule has 8 heteroatoms. The molecule has 0 bridgehead atoms. The standard InChI is InChI=1S/C16H14N2O6/c1-2-23-16(20)11-3-5-12(6-4-11)17-14(19)9-7-13-8-10-15(24-13)18(21)22/h3-10H,2H2,1H3,(H,17,19)/b9-7+. The van der Waals surface area contributed by atoms with E-state index in [0.717, 1.165) is 0 Å². The van der Waals surface area contributed by atoms with Gasteiger partial charge in [0.1, 0.15) is 10.7 Å². The summed E-state index contributed by atoms with van der Waals surface area (Å²) in [4.78, 5) is 33.1. The monoisotopic (exact) mass is 330 g/mol. The summed E-state index contributed by atoms with van der Waals surface area (Å²) in [6.07, 6.45) is 2.50. The first kappa shape index (κ1) is 16.9. The van der Waals surface area contributed by atoms with Gasteiger partial charge in [-0.15, -0.1) is 0 Å². The molecule has 0 aliphatic heterocycles. The maximum atomic E-state index is 11.8. The van der Waals surface area contributed by atoms with Crippen molar-refractivity contribution in [3.8, 4) is 0 Å². The van der Waals surface area contributed by atoms with E-state index >= 15 is 0 Å². The topological polar surface area (TPSA) is 112 Å². The molecule has 0 unspecified atom stereocenters. The Morgan fingerprint density at radius 3 is 2.54 bits per heavy atom. The number of carbonyl (C=O) groups excluding carboxylic acids is 2. The van der Waals surface area contributed by atoms with Crippen molar-refractivity contribution in [1.82, 2.24) is 0 Å². The van der Waals surface area contributed by atoms with E-state index in [1.807, 2.05) is 0 Å². The number of nitrogens with zero attached hydrogens (tertiary/aromatic N) is 1. The zero-order chi connectivity index (χ0) is 17.5. The third-order valence-corrected chi connectivity index (χ3v) is 2.86. The molecule has 1 N–H and O–H groups in total. The molecule has 0 radical (unpaired) electrons. The predicted octanol–water partition coefficient (Wildman–Crippen LogP) is 3.02. The number of ether oxygens (including phenoxy) is 1. The highest BCUT2D eigenvalue weighted by molar-refractivity contribution is 6.02. The van der Waals surface area contributed by atoms with E-state index in [2.05, 4.69) is 5.32 Å². The molecule has 2 rings (SSSR count).